The molecule has 2 unspecified atom stereocenters. The number of piperidine rings is 2. The minimum Gasteiger partial charge on any atom is -0.436 e. The Labute approximate surface area is 299 Å². The number of para-hydroxylation sites is 2. The molecule has 0 radical (unpaired) electrons. The van der Waals surface area contributed by atoms with Crippen LogP contribution in [0.4, 0.5) is 23.7 Å². The number of fused-ring (bicyclic) bond motifs is 3. The molecule has 4 aliphatic rings. The van der Waals surface area contributed by atoms with Crippen LogP contribution in [-0.2, 0) is 22.1 Å². The van der Waals surface area contributed by atoms with Gasteiger partial charge < -0.3 is 29.7 Å². The number of carbonyl (C=O) groups is 2. The quantitative estimate of drug-likeness (QED) is 0.345. The Bertz CT molecular complexity index is 1800. The van der Waals surface area contributed by atoms with Crippen molar-refractivity contribution in [3.8, 4) is 0 Å². The zero-order valence-corrected chi connectivity index (χ0v) is 29.7. The number of rotatable bonds is 7. The number of nitrogens with zero attached hydrogens (tertiary/aromatic N) is 5. The molecule has 2 aromatic carbocycles. The van der Waals surface area contributed by atoms with Crippen LogP contribution in [-0.4, -0.2) is 119 Å². The van der Waals surface area contributed by atoms with Crippen LogP contribution in [0.25, 0.3) is 11.0 Å². The maximum Gasteiger partial charge on any atom is 0.418 e. The summed E-state index contributed by atoms with van der Waals surface area (Å²) in [6.45, 7) is 2.81. The van der Waals surface area contributed by atoms with E-state index in [1.807, 2.05) is 24.3 Å². The third-order valence-corrected chi connectivity index (χ3v) is 11.9. The predicted molar refractivity (Wildman–Crippen MR) is 188 cm³/mol. The number of H-pyrrole nitrogens is 1. The van der Waals surface area contributed by atoms with E-state index in [-0.39, 0.29) is 47.5 Å². The van der Waals surface area contributed by atoms with E-state index in [1.165, 1.54) is 30.9 Å². The first-order valence-corrected chi connectivity index (χ1v) is 18.3. The van der Waals surface area contributed by atoms with Crippen molar-refractivity contribution in [3.63, 3.8) is 0 Å². The van der Waals surface area contributed by atoms with E-state index in [1.54, 1.807) is 9.47 Å². The second-order valence-electron chi connectivity index (χ2n) is 14.4. The van der Waals surface area contributed by atoms with Gasteiger partial charge in [0, 0.05) is 76.9 Å². The monoisotopic (exact) mass is 731 g/mol. The molecule has 0 spiro atoms. The molecule has 3 aromatic rings. The van der Waals surface area contributed by atoms with E-state index < -0.39 is 29.8 Å². The Hall–Kier alpha value is -3.75. The second kappa shape index (κ2) is 14.3. The highest BCUT2D eigenvalue weighted by Gasteiger charge is 2.42. The first kappa shape index (κ1) is 35.6. The lowest BCUT2D eigenvalue weighted by Crippen LogP contribution is -2.57. The average molecular weight is 732 g/mol. The number of amides is 2. The highest BCUT2D eigenvalue weighted by Crippen LogP contribution is 2.40. The molecule has 2 amide bonds. The molecule has 11 nitrogen and oxygen atoms in total. The molecule has 1 aromatic heterocycles. The van der Waals surface area contributed by atoms with Gasteiger partial charge in [0.05, 0.1) is 27.3 Å². The molecular weight excluding hydrogens is 687 g/mol. The van der Waals surface area contributed by atoms with Crippen molar-refractivity contribution in [2.45, 2.75) is 81.4 Å². The fourth-order valence-electron chi connectivity index (χ4n) is 8.78. The number of hydrogen-bond donors (Lipinski definition) is 2. The van der Waals surface area contributed by atoms with Crippen molar-refractivity contribution in [1.82, 2.24) is 29.2 Å². The first-order valence-electron chi connectivity index (χ1n) is 17.9. The van der Waals surface area contributed by atoms with Crippen molar-refractivity contribution in [3.05, 3.63) is 63.0 Å². The topological polar surface area (TPSA) is 106 Å². The van der Waals surface area contributed by atoms with E-state index in [2.05, 4.69) is 27.1 Å². The second-order valence-corrected chi connectivity index (χ2v) is 14.8. The lowest BCUT2D eigenvalue weighted by molar-refractivity contribution is -0.143. The zero-order chi connectivity index (χ0) is 36.0. The first-order chi connectivity index (χ1) is 24.4. The number of imidazole rings is 1. The zero-order valence-electron chi connectivity index (χ0n) is 28.9. The van der Waals surface area contributed by atoms with Crippen LogP contribution < -0.4 is 11.0 Å². The maximum atomic E-state index is 14.1. The minimum absolute atomic E-state index is 0.135. The van der Waals surface area contributed by atoms with Gasteiger partial charge in [-0.05, 0) is 75.4 Å². The van der Waals surface area contributed by atoms with E-state index in [0.717, 1.165) is 29.9 Å². The summed E-state index contributed by atoms with van der Waals surface area (Å²) < 4.78 is 49.8. The third kappa shape index (κ3) is 7.19. The number of aromatic amines is 1. The number of anilines is 1. The lowest BCUT2D eigenvalue weighted by Gasteiger charge is -2.45. The van der Waals surface area contributed by atoms with Gasteiger partial charge in [0.15, 0.2) is 6.10 Å². The maximum absolute atomic E-state index is 14.1. The van der Waals surface area contributed by atoms with Crippen molar-refractivity contribution >= 4 is 40.3 Å². The standard InChI is InChI=1S/C36H45ClF3N7O4/c1-41-32-27(36(38,39)40)17-22(18-28(32)37)19-31(33(48)45-15-13-44(14-16-45)26-20-24-7-8-25(21-26)43(24)2)51-35(50)46-11-9-23(10-12-46)47-30-6-4-3-5-29(30)42-34(47)49/h3-6,17-18,23-26,31,41H,7-16,19-21H2,1-2H3,(H,42,49)/t24?,25?,26?,31-/m1/s1. The minimum atomic E-state index is -4.70. The van der Waals surface area contributed by atoms with E-state index >= 15 is 0 Å². The molecule has 0 aliphatic carbocycles. The number of nitrogens with one attached hydrogen (secondary N) is 2. The smallest absolute Gasteiger partial charge is 0.418 e. The van der Waals surface area contributed by atoms with E-state index in [9.17, 15) is 27.6 Å². The summed E-state index contributed by atoms with van der Waals surface area (Å²) in [4.78, 5) is 51.5. The summed E-state index contributed by atoms with van der Waals surface area (Å²) in [6, 6.07) is 11.3. The molecule has 5 heterocycles. The Morgan fingerprint density at radius 2 is 1.61 bits per heavy atom. The van der Waals surface area contributed by atoms with Gasteiger partial charge in [-0.1, -0.05) is 23.7 Å². The summed E-state index contributed by atoms with van der Waals surface area (Å²) in [6.07, 6.45) is -1.39. The van der Waals surface area contributed by atoms with Crippen LogP contribution in [0, 0.1) is 0 Å². The van der Waals surface area contributed by atoms with Crippen LogP contribution in [0.3, 0.4) is 0 Å². The Morgan fingerprint density at radius 3 is 2.25 bits per heavy atom. The number of ether oxygens (including phenoxy) is 1. The predicted octanol–water partition coefficient (Wildman–Crippen LogP) is 5.20. The largest absolute Gasteiger partial charge is 0.436 e. The van der Waals surface area contributed by atoms with Gasteiger partial charge in [0.1, 0.15) is 0 Å². The molecule has 2 bridgehead atoms. The van der Waals surface area contributed by atoms with Gasteiger partial charge in [-0.25, -0.2) is 9.59 Å². The number of carbonyl (C=O) groups excluding carboxylic acids is 2. The van der Waals surface area contributed by atoms with E-state index in [0.29, 0.717) is 57.1 Å². The molecule has 4 saturated heterocycles. The van der Waals surface area contributed by atoms with Crippen LogP contribution >= 0.6 is 11.6 Å². The normalized spacial score (nSPS) is 24.2. The number of benzene rings is 2. The summed E-state index contributed by atoms with van der Waals surface area (Å²) in [5, 5.41) is 2.38. The summed E-state index contributed by atoms with van der Waals surface area (Å²) in [7, 11) is 3.57. The molecule has 51 heavy (non-hydrogen) atoms. The van der Waals surface area contributed by atoms with Crippen LogP contribution in [0.1, 0.15) is 55.7 Å². The van der Waals surface area contributed by atoms with Crippen LogP contribution in [0.15, 0.2) is 41.2 Å². The number of likely N-dealkylation sites (tertiary alicyclic amines) is 1. The number of hydrogen-bond acceptors (Lipinski definition) is 7. The fraction of sp³-hybridized carbons (Fsp3) is 0.583. The molecule has 276 valence electrons. The van der Waals surface area contributed by atoms with Crippen molar-refractivity contribution < 1.29 is 27.5 Å². The van der Waals surface area contributed by atoms with Gasteiger partial charge in [-0.2, -0.15) is 13.2 Å². The number of piperazine rings is 1. The molecule has 3 atom stereocenters. The van der Waals surface area contributed by atoms with Crippen LogP contribution in [0.5, 0.6) is 0 Å². The summed E-state index contributed by atoms with van der Waals surface area (Å²) in [5.74, 6) is -0.436. The van der Waals surface area contributed by atoms with Gasteiger partial charge >= 0.3 is 18.0 Å². The number of aromatic nitrogens is 2. The highest BCUT2D eigenvalue weighted by molar-refractivity contribution is 6.33. The van der Waals surface area contributed by atoms with E-state index in [4.69, 9.17) is 16.3 Å². The summed E-state index contributed by atoms with van der Waals surface area (Å²) in [5.41, 5.74) is 0.228. The highest BCUT2D eigenvalue weighted by atomic mass is 35.5. The fourth-order valence-corrected chi connectivity index (χ4v) is 9.12. The number of alkyl halides is 3. The summed E-state index contributed by atoms with van der Waals surface area (Å²) >= 11 is 6.30. The Morgan fingerprint density at radius 1 is 0.941 bits per heavy atom. The third-order valence-electron chi connectivity index (χ3n) is 11.6. The molecular formula is C36H45ClF3N7O4. The van der Waals surface area contributed by atoms with Gasteiger partial charge in [0.2, 0.25) is 0 Å². The van der Waals surface area contributed by atoms with Crippen molar-refractivity contribution in [1.29, 1.82) is 0 Å². The molecule has 2 N–H and O–H groups in total. The van der Waals surface area contributed by atoms with Crippen LogP contribution in [0.2, 0.25) is 5.02 Å². The molecule has 7 rings (SSSR count). The molecule has 15 heteroatoms. The van der Waals surface area contributed by atoms with Gasteiger partial charge in [-0.15, -0.1) is 0 Å². The van der Waals surface area contributed by atoms with Crippen molar-refractivity contribution in [2.24, 2.45) is 0 Å². The van der Waals surface area contributed by atoms with Gasteiger partial charge in [-0.3, -0.25) is 14.3 Å². The Balaban J connectivity index is 1.06. The molecule has 0 saturated carbocycles. The van der Waals surface area contributed by atoms with Crippen molar-refractivity contribution in [2.75, 3.05) is 58.7 Å². The van der Waals surface area contributed by atoms with Gasteiger partial charge in [0.25, 0.3) is 5.91 Å². The SMILES string of the molecule is CNc1c(Cl)cc(C[C@@H](OC(=O)N2CCC(n3c(=O)[nH]c4ccccc43)CC2)C(=O)N2CCN(C3CC4CCC(C3)N4C)CC2)cc1C(F)(F)F. The Kier molecular flexibility index (Phi) is 10.0. The average Bonchev–Trinajstić information content (AvgIpc) is 3.53. The number of halogens is 4. The molecule has 4 aliphatic heterocycles. The molecule has 4 fully saturated rings. The lowest BCUT2D eigenvalue weighted by atomic mass is 9.96.